The summed E-state index contributed by atoms with van der Waals surface area (Å²) in [5.74, 6) is 1.68. The summed E-state index contributed by atoms with van der Waals surface area (Å²) in [5, 5.41) is 2.87. The lowest BCUT2D eigenvalue weighted by atomic mass is 10.1. The number of hydrogen-bond donors (Lipinski definition) is 1. The minimum atomic E-state index is 0.0344. The van der Waals surface area contributed by atoms with Crippen molar-refractivity contribution in [2.75, 3.05) is 5.88 Å². The molecule has 1 aromatic heterocycles. The molecule has 0 spiro atoms. The maximum Gasteiger partial charge on any atom is 0.234 e. The van der Waals surface area contributed by atoms with Gasteiger partial charge in [0.2, 0.25) is 5.91 Å². The van der Waals surface area contributed by atoms with Crippen molar-refractivity contribution in [3.05, 3.63) is 59.9 Å². The average molecular weight is 300 g/mol. The summed E-state index contributed by atoms with van der Waals surface area (Å²) in [6, 6.07) is 11.8. The number of thioether (sulfide) groups is 1. The summed E-state index contributed by atoms with van der Waals surface area (Å²) in [6.07, 6.45) is 4.30. The molecule has 5 heteroatoms. The van der Waals surface area contributed by atoms with E-state index in [2.05, 4.69) is 10.3 Å². The van der Waals surface area contributed by atoms with E-state index in [1.54, 1.807) is 24.2 Å². The third-order valence-electron chi connectivity index (χ3n) is 3.30. The maximum absolute atomic E-state index is 11.5. The molecule has 1 atom stereocenters. The molecular weight excluding hydrogens is 284 g/mol. The lowest BCUT2D eigenvalue weighted by molar-refractivity contribution is -0.119. The Hall–Kier alpha value is -2.01. The molecule has 3 rings (SSSR count). The largest absolute Gasteiger partial charge is 0.489 e. The first-order chi connectivity index (χ1) is 10.3. The molecule has 21 heavy (non-hydrogen) atoms. The smallest absolute Gasteiger partial charge is 0.234 e. The minimum Gasteiger partial charge on any atom is -0.489 e. The molecule has 1 aliphatic heterocycles. The summed E-state index contributed by atoms with van der Waals surface area (Å²) >= 11 is 1.66. The Balaban J connectivity index is 1.55. The predicted octanol–water partition coefficient (Wildman–Crippen LogP) is 2.39. The fraction of sp³-hybridized carbons (Fsp3) is 0.250. The van der Waals surface area contributed by atoms with E-state index in [1.165, 1.54) is 0 Å². The molecule has 1 fully saturated rings. The molecule has 1 N–H and O–H groups in total. The van der Waals surface area contributed by atoms with Gasteiger partial charge in [0.05, 0.1) is 11.1 Å². The summed E-state index contributed by atoms with van der Waals surface area (Å²) in [4.78, 5) is 15.6. The second kappa shape index (κ2) is 6.63. The van der Waals surface area contributed by atoms with E-state index in [0.717, 1.165) is 29.2 Å². The van der Waals surface area contributed by atoms with Gasteiger partial charge in [-0.25, -0.2) is 0 Å². The van der Waals surface area contributed by atoms with Gasteiger partial charge in [-0.3, -0.25) is 9.78 Å². The summed E-state index contributed by atoms with van der Waals surface area (Å²) in [6.45, 7) is 0.508. The van der Waals surface area contributed by atoms with Crippen LogP contribution in [0.2, 0.25) is 0 Å². The number of nitrogens with one attached hydrogen (secondary N) is 1. The Morgan fingerprint density at radius 2 is 2.10 bits per heavy atom. The number of ether oxygens (including phenoxy) is 1. The molecule has 0 aliphatic carbocycles. The molecule has 108 valence electrons. The van der Waals surface area contributed by atoms with E-state index in [9.17, 15) is 4.79 Å². The number of carbonyl (C=O) groups is 1. The minimum absolute atomic E-state index is 0.0344. The predicted molar refractivity (Wildman–Crippen MR) is 83.1 cm³/mol. The van der Waals surface area contributed by atoms with Crippen LogP contribution in [-0.4, -0.2) is 22.0 Å². The second-order valence-electron chi connectivity index (χ2n) is 4.84. The van der Waals surface area contributed by atoms with Crippen molar-refractivity contribution in [3.63, 3.8) is 0 Å². The molecule has 1 saturated heterocycles. The fourth-order valence-electron chi connectivity index (χ4n) is 2.14. The molecule has 0 radical (unpaired) electrons. The van der Waals surface area contributed by atoms with E-state index in [4.69, 9.17) is 4.74 Å². The average Bonchev–Trinajstić information content (AvgIpc) is 2.93. The van der Waals surface area contributed by atoms with Gasteiger partial charge >= 0.3 is 0 Å². The zero-order chi connectivity index (χ0) is 14.5. The lowest BCUT2D eigenvalue weighted by Gasteiger charge is -2.09. The number of nitrogens with zero attached hydrogens (tertiary/aromatic N) is 1. The fourth-order valence-corrected chi connectivity index (χ4v) is 3.11. The van der Waals surface area contributed by atoms with Crippen LogP contribution in [0.5, 0.6) is 5.75 Å². The van der Waals surface area contributed by atoms with Crippen LogP contribution in [-0.2, 0) is 17.8 Å². The van der Waals surface area contributed by atoms with Crippen LogP contribution in [0.4, 0.5) is 0 Å². The van der Waals surface area contributed by atoms with E-state index in [0.29, 0.717) is 6.61 Å². The second-order valence-corrected chi connectivity index (χ2v) is 6.03. The van der Waals surface area contributed by atoms with Crippen LogP contribution >= 0.6 is 11.8 Å². The van der Waals surface area contributed by atoms with Gasteiger partial charge < -0.3 is 10.1 Å². The number of aromatic nitrogens is 1. The molecule has 0 bridgehead atoms. The molecule has 1 unspecified atom stereocenters. The zero-order valence-corrected chi connectivity index (χ0v) is 12.3. The molecule has 2 aromatic rings. The molecule has 1 aliphatic rings. The van der Waals surface area contributed by atoms with Crippen LogP contribution in [0.3, 0.4) is 0 Å². The maximum atomic E-state index is 11.5. The summed E-state index contributed by atoms with van der Waals surface area (Å²) < 4.78 is 5.71. The quantitative estimate of drug-likeness (QED) is 0.921. The van der Waals surface area contributed by atoms with Gasteiger partial charge in [0.1, 0.15) is 12.4 Å². The van der Waals surface area contributed by atoms with Crippen molar-refractivity contribution in [1.82, 2.24) is 10.3 Å². The molecular formula is C16H16N2O2S. The molecule has 1 amide bonds. The van der Waals surface area contributed by atoms with Crippen LogP contribution in [0.1, 0.15) is 11.1 Å². The summed E-state index contributed by atoms with van der Waals surface area (Å²) in [7, 11) is 0. The third-order valence-corrected chi connectivity index (χ3v) is 4.39. The van der Waals surface area contributed by atoms with Crippen molar-refractivity contribution in [3.8, 4) is 5.75 Å². The van der Waals surface area contributed by atoms with E-state index in [-0.39, 0.29) is 11.2 Å². The van der Waals surface area contributed by atoms with Gasteiger partial charge in [-0.1, -0.05) is 18.2 Å². The lowest BCUT2D eigenvalue weighted by Crippen LogP contribution is -2.23. The van der Waals surface area contributed by atoms with Crippen molar-refractivity contribution in [2.24, 2.45) is 0 Å². The number of amides is 1. The highest BCUT2D eigenvalue weighted by Gasteiger charge is 2.24. The van der Waals surface area contributed by atoms with Gasteiger partial charge in [-0.2, -0.15) is 0 Å². The van der Waals surface area contributed by atoms with Crippen LogP contribution < -0.4 is 10.1 Å². The van der Waals surface area contributed by atoms with Crippen LogP contribution in [0.15, 0.2) is 48.8 Å². The van der Waals surface area contributed by atoms with Crippen molar-refractivity contribution >= 4 is 17.7 Å². The Kier molecular flexibility index (Phi) is 4.40. The number of benzene rings is 1. The van der Waals surface area contributed by atoms with Gasteiger partial charge in [-0.05, 0) is 30.2 Å². The normalized spacial score (nSPS) is 17.5. The number of pyridine rings is 1. The zero-order valence-electron chi connectivity index (χ0n) is 11.5. The topological polar surface area (TPSA) is 51.2 Å². The van der Waals surface area contributed by atoms with Crippen molar-refractivity contribution in [1.29, 1.82) is 0 Å². The number of rotatable bonds is 5. The van der Waals surface area contributed by atoms with Crippen molar-refractivity contribution < 1.29 is 9.53 Å². The van der Waals surface area contributed by atoms with Crippen LogP contribution in [0.25, 0.3) is 0 Å². The highest BCUT2D eigenvalue weighted by molar-refractivity contribution is 8.01. The highest BCUT2D eigenvalue weighted by atomic mass is 32.2. The Morgan fingerprint density at radius 3 is 2.76 bits per heavy atom. The number of carbonyl (C=O) groups excluding carboxylic acids is 1. The Morgan fingerprint density at radius 1 is 1.24 bits per heavy atom. The van der Waals surface area contributed by atoms with E-state index in [1.807, 2.05) is 36.4 Å². The van der Waals surface area contributed by atoms with Gasteiger partial charge in [0.25, 0.3) is 0 Å². The molecule has 4 nitrogen and oxygen atoms in total. The first kappa shape index (κ1) is 13.9. The SMILES string of the molecule is O=C1NCSC1Cc1ccc(OCc2cccnc2)cc1. The molecule has 1 aromatic carbocycles. The Bertz CT molecular complexity index is 601. The molecule has 2 heterocycles. The standard InChI is InChI=1S/C16H16N2O2S/c19-16-15(21-11-18-16)8-12-3-5-14(6-4-12)20-10-13-2-1-7-17-9-13/h1-7,9,15H,8,10-11H2,(H,18,19). The van der Waals surface area contributed by atoms with E-state index < -0.39 is 0 Å². The first-order valence-electron chi connectivity index (χ1n) is 6.81. The monoisotopic (exact) mass is 300 g/mol. The number of hydrogen-bond acceptors (Lipinski definition) is 4. The van der Waals surface area contributed by atoms with E-state index >= 15 is 0 Å². The Labute approximate surface area is 127 Å². The van der Waals surface area contributed by atoms with Gasteiger partial charge in [-0.15, -0.1) is 11.8 Å². The van der Waals surface area contributed by atoms with Gasteiger partial charge in [0, 0.05) is 18.0 Å². The van der Waals surface area contributed by atoms with Gasteiger partial charge in [0.15, 0.2) is 0 Å². The highest BCUT2D eigenvalue weighted by Crippen LogP contribution is 2.22. The summed E-state index contributed by atoms with van der Waals surface area (Å²) in [5.41, 5.74) is 2.19. The van der Waals surface area contributed by atoms with Crippen LogP contribution in [0, 0.1) is 0 Å². The third kappa shape index (κ3) is 3.76. The van der Waals surface area contributed by atoms with Crippen molar-refractivity contribution in [2.45, 2.75) is 18.3 Å². The first-order valence-corrected chi connectivity index (χ1v) is 7.86. The molecule has 0 saturated carbocycles.